The number of aryl methyl sites for hydroxylation is 1. The quantitative estimate of drug-likeness (QED) is 0.725. The van der Waals surface area contributed by atoms with Gasteiger partial charge in [-0.25, -0.2) is 0 Å². The molecule has 20 heavy (non-hydrogen) atoms. The summed E-state index contributed by atoms with van der Waals surface area (Å²) in [7, 11) is 0. The van der Waals surface area contributed by atoms with Crippen molar-refractivity contribution in [1.29, 1.82) is 0 Å². The Labute approximate surface area is 124 Å². The molecule has 1 atom stereocenters. The van der Waals surface area contributed by atoms with Gasteiger partial charge in [-0.05, 0) is 61.0 Å². The highest BCUT2D eigenvalue weighted by molar-refractivity contribution is 5.62. The van der Waals surface area contributed by atoms with Gasteiger partial charge < -0.3 is 5.32 Å². The molecule has 1 nitrogen and oxygen atoms in total. The van der Waals surface area contributed by atoms with Crippen LogP contribution in [-0.4, -0.2) is 6.54 Å². The summed E-state index contributed by atoms with van der Waals surface area (Å²) in [5.41, 5.74) is 4.92. The van der Waals surface area contributed by atoms with Gasteiger partial charge in [-0.15, -0.1) is 0 Å². The molecule has 1 unspecified atom stereocenters. The maximum atomic E-state index is 3.66. The van der Waals surface area contributed by atoms with E-state index in [0.29, 0.717) is 5.41 Å². The first-order valence-corrected chi connectivity index (χ1v) is 8.30. The molecule has 110 valence electrons. The third-order valence-corrected chi connectivity index (χ3v) is 5.77. The van der Waals surface area contributed by atoms with Gasteiger partial charge in [0.1, 0.15) is 0 Å². The third kappa shape index (κ3) is 2.47. The average Bonchev–Trinajstić information content (AvgIpc) is 2.83. The second-order valence-electron chi connectivity index (χ2n) is 8.00. The van der Waals surface area contributed by atoms with Gasteiger partial charge in [0.25, 0.3) is 0 Å². The second kappa shape index (κ2) is 5.09. The fourth-order valence-electron chi connectivity index (χ4n) is 4.37. The number of rotatable bonds is 1. The third-order valence-electron chi connectivity index (χ3n) is 5.77. The Hall–Kier alpha value is -0.980. The zero-order valence-electron chi connectivity index (χ0n) is 13.5. The highest BCUT2D eigenvalue weighted by Gasteiger charge is 2.35. The summed E-state index contributed by atoms with van der Waals surface area (Å²) in [5, 5.41) is 3.66. The maximum absolute atomic E-state index is 3.66. The summed E-state index contributed by atoms with van der Waals surface area (Å²) < 4.78 is 0. The van der Waals surface area contributed by atoms with Gasteiger partial charge in [-0.3, -0.25) is 0 Å². The van der Waals surface area contributed by atoms with Gasteiger partial charge in [-0.2, -0.15) is 0 Å². The monoisotopic (exact) mass is 271 g/mol. The van der Waals surface area contributed by atoms with Crippen LogP contribution in [-0.2, 0) is 0 Å². The van der Waals surface area contributed by atoms with Gasteiger partial charge in [0, 0.05) is 18.2 Å². The van der Waals surface area contributed by atoms with Gasteiger partial charge in [0.15, 0.2) is 0 Å². The number of benzene rings is 1. The van der Waals surface area contributed by atoms with Gasteiger partial charge in [0.05, 0.1) is 0 Å². The fraction of sp³-hybridized carbons (Fsp3) is 0.684. The predicted octanol–water partition coefficient (Wildman–Crippen LogP) is 5.36. The Bertz CT molecular complexity index is 475. The lowest BCUT2D eigenvalue weighted by Crippen LogP contribution is -2.28. The molecule has 1 aromatic rings. The van der Waals surface area contributed by atoms with E-state index in [1.54, 1.807) is 5.56 Å². The van der Waals surface area contributed by atoms with Crippen LogP contribution in [0, 0.1) is 24.2 Å². The van der Waals surface area contributed by atoms with Crippen LogP contribution in [0.25, 0.3) is 0 Å². The minimum absolute atomic E-state index is 0.493. The molecule has 1 heterocycles. The van der Waals surface area contributed by atoms with Crippen LogP contribution in [0.4, 0.5) is 5.69 Å². The van der Waals surface area contributed by atoms with Crippen molar-refractivity contribution in [2.45, 2.75) is 59.3 Å². The lowest BCUT2D eigenvalue weighted by atomic mass is 9.67. The number of para-hydroxylation sites is 1. The normalized spacial score (nSPS) is 29.9. The number of fused-ring (bicyclic) bond motifs is 1. The standard InChI is InChI=1S/C19H29N/c1-13-6-5-7-16-17(12-20-18(13)16)14-8-10-15(11-9-14)19(2,3)4/h5-7,14-15,17,20H,8-12H2,1-4H3. The van der Waals surface area contributed by atoms with E-state index >= 15 is 0 Å². The van der Waals surface area contributed by atoms with E-state index in [1.165, 1.54) is 36.9 Å². The second-order valence-corrected chi connectivity index (χ2v) is 8.00. The fourth-order valence-corrected chi connectivity index (χ4v) is 4.37. The highest BCUT2D eigenvalue weighted by atomic mass is 14.9. The van der Waals surface area contributed by atoms with Crippen molar-refractivity contribution >= 4 is 5.69 Å². The van der Waals surface area contributed by atoms with Crippen LogP contribution in [0.2, 0.25) is 0 Å². The van der Waals surface area contributed by atoms with E-state index in [1.807, 2.05) is 0 Å². The maximum Gasteiger partial charge on any atom is 0.0406 e. The van der Waals surface area contributed by atoms with Crippen molar-refractivity contribution in [1.82, 2.24) is 0 Å². The Kier molecular flexibility index (Phi) is 3.56. The summed E-state index contributed by atoms with van der Waals surface area (Å²) >= 11 is 0. The van der Waals surface area contributed by atoms with Crippen molar-refractivity contribution in [2.75, 3.05) is 11.9 Å². The summed E-state index contributed by atoms with van der Waals surface area (Å²) in [5.74, 6) is 2.57. The molecule has 1 N–H and O–H groups in total. The van der Waals surface area contributed by atoms with E-state index in [2.05, 4.69) is 51.2 Å². The van der Waals surface area contributed by atoms with Crippen molar-refractivity contribution in [2.24, 2.45) is 17.3 Å². The molecule has 0 bridgehead atoms. The summed E-state index contributed by atoms with van der Waals surface area (Å²) in [6, 6.07) is 6.81. The molecular formula is C19H29N. The number of hydrogen-bond acceptors (Lipinski definition) is 1. The molecule has 0 saturated heterocycles. The molecule has 0 radical (unpaired) electrons. The molecule has 1 aliphatic carbocycles. The van der Waals surface area contributed by atoms with Gasteiger partial charge >= 0.3 is 0 Å². The van der Waals surface area contributed by atoms with Gasteiger partial charge in [-0.1, -0.05) is 39.0 Å². The van der Waals surface area contributed by atoms with Crippen LogP contribution < -0.4 is 5.32 Å². The Morgan fingerprint density at radius 2 is 1.75 bits per heavy atom. The topological polar surface area (TPSA) is 12.0 Å². The first kappa shape index (κ1) is 14.0. The molecular weight excluding hydrogens is 242 g/mol. The Morgan fingerprint density at radius 1 is 1.05 bits per heavy atom. The van der Waals surface area contributed by atoms with E-state index in [-0.39, 0.29) is 0 Å². The largest absolute Gasteiger partial charge is 0.384 e. The predicted molar refractivity (Wildman–Crippen MR) is 87.3 cm³/mol. The van der Waals surface area contributed by atoms with Gasteiger partial charge in [0.2, 0.25) is 0 Å². The van der Waals surface area contributed by atoms with Crippen LogP contribution in [0.1, 0.15) is 63.5 Å². The summed E-state index contributed by atoms with van der Waals surface area (Å²) in [6.45, 7) is 10.6. The molecule has 1 saturated carbocycles. The summed E-state index contributed by atoms with van der Waals surface area (Å²) in [4.78, 5) is 0. The summed E-state index contributed by atoms with van der Waals surface area (Å²) in [6.07, 6.45) is 5.68. The SMILES string of the molecule is Cc1cccc2c1NCC2C1CCC(C(C)(C)C)CC1. The van der Waals surface area contributed by atoms with Crippen molar-refractivity contribution in [3.8, 4) is 0 Å². The average molecular weight is 271 g/mol. The number of hydrogen-bond donors (Lipinski definition) is 1. The van der Waals surface area contributed by atoms with Crippen LogP contribution >= 0.6 is 0 Å². The van der Waals surface area contributed by atoms with Crippen LogP contribution in [0.3, 0.4) is 0 Å². The molecule has 2 aliphatic rings. The first-order valence-electron chi connectivity index (χ1n) is 8.30. The number of anilines is 1. The Balaban J connectivity index is 1.71. The van der Waals surface area contributed by atoms with E-state index in [4.69, 9.17) is 0 Å². The molecule has 1 aromatic carbocycles. The molecule has 0 aromatic heterocycles. The number of nitrogens with one attached hydrogen (secondary N) is 1. The minimum Gasteiger partial charge on any atom is -0.384 e. The Morgan fingerprint density at radius 3 is 2.40 bits per heavy atom. The van der Waals surface area contributed by atoms with Crippen molar-refractivity contribution in [3.63, 3.8) is 0 Å². The first-order chi connectivity index (χ1) is 9.47. The van der Waals surface area contributed by atoms with Crippen LogP contribution in [0.5, 0.6) is 0 Å². The lowest BCUT2D eigenvalue weighted by Gasteiger charge is -2.38. The molecule has 1 heteroatoms. The van der Waals surface area contributed by atoms with Crippen molar-refractivity contribution in [3.05, 3.63) is 29.3 Å². The molecule has 0 spiro atoms. The highest BCUT2D eigenvalue weighted by Crippen LogP contribution is 2.47. The zero-order valence-corrected chi connectivity index (χ0v) is 13.5. The van der Waals surface area contributed by atoms with E-state index in [0.717, 1.165) is 24.3 Å². The van der Waals surface area contributed by atoms with E-state index < -0.39 is 0 Å². The smallest absolute Gasteiger partial charge is 0.0406 e. The molecule has 1 aliphatic heterocycles. The van der Waals surface area contributed by atoms with Crippen molar-refractivity contribution < 1.29 is 0 Å². The van der Waals surface area contributed by atoms with Crippen LogP contribution in [0.15, 0.2) is 18.2 Å². The molecule has 1 fully saturated rings. The molecule has 3 rings (SSSR count). The molecule has 0 amide bonds. The minimum atomic E-state index is 0.493. The van der Waals surface area contributed by atoms with E-state index in [9.17, 15) is 0 Å². The zero-order chi connectivity index (χ0) is 14.3. The lowest BCUT2D eigenvalue weighted by molar-refractivity contribution is 0.141.